The summed E-state index contributed by atoms with van der Waals surface area (Å²) in [4.78, 5) is 52.6. The Balaban J connectivity index is 1.19. The molecule has 214 valence electrons. The fourth-order valence-corrected chi connectivity index (χ4v) is 5.77. The molecule has 1 saturated heterocycles. The molecule has 11 nitrogen and oxygen atoms in total. The highest BCUT2D eigenvalue weighted by molar-refractivity contribution is 7.10. The van der Waals surface area contributed by atoms with Crippen molar-refractivity contribution in [1.29, 1.82) is 5.41 Å². The summed E-state index contributed by atoms with van der Waals surface area (Å²) in [6.45, 7) is 4.55. The highest BCUT2D eigenvalue weighted by Gasteiger charge is 2.64. The van der Waals surface area contributed by atoms with E-state index in [0.29, 0.717) is 49.5 Å². The molecule has 0 radical (unpaired) electrons. The van der Waals surface area contributed by atoms with Gasteiger partial charge in [-0.2, -0.15) is 0 Å². The highest BCUT2D eigenvalue weighted by Crippen LogP contribution is 2.59. The van der Waals surface area contributed by atoms with E-state index in [4.69, 9.17) is 20.6 Å². The lowest BCUT2D eigenvalue weighted by atomic mass is 10.0. The number of carbonyl (C=O) groups excluding carboxylic acids is 4. The van der Waals surface area contributed by atoms with Crippen LogP contribution in [0.2, 0.25) is 0 Å². The van der Waals surface area contributed by atoms with Crippen LogP contribution in [-0.2, 0) is 25.7 Å². The van der Waals surface area contributed by atoms with Crippen molar-refractivity contribution in [2.45, 2.75) is 58.2 Å². The number of rotatable bonds is 13. The first kappa shape index (κ1) is 29.1. The normalized spacial score (nSPS) is 20.8. The van der Waals surface area contributed by atoms with Gasteiger partial charge in [0.2, 0.25) is 17.7 Å². The van der Waals surface area contributed by atoms with E-state index in [2.05, 4.69) is 17.6 Å². The predicted octanol–water partition coefficient (Wildman–Crippen LogP) is 2.18. The van der Waals surface area contributed by atoms with Crippen LogP contribution < -0.4 is 21.1 Å². The second-order valence-corrected chi connectivity index (χ2v) is 11.3. The highest BCUT2D eigenvalue weighted by atomic mass is 32.1. The first-order valence-corrected chi connectivity index (χ1v) is 14.2. The molecule has 2 heterocycles. The Bertz CT molecular complexity index is 1280. The summed E-state index contributed by atoms with van der Waals surface area (Å²) >= 11 is 1.41. The molecule has 1 aromatic carbocycles. The lowest BCUT2D eigenvalue weighted by Crippen LogP contribution is -2.50. The molecule has 2 aromatic rings. The van der Waals surface area contributed by atoms with Crippen molar-refractivity contribution in [2.24, 2.45) is 11.1 Å². The van der Waals surface area contributed by atoms with Crippen molar-refractivity contribution in [3.05, 3.63) is 51.7 Å². The molecule has 0 spiro atoms. The number of hydrogen-bond acceptors (Lipinski definition) is 8. The van der Waals surface area contributed by atoms with E-state index in [-0.39, 0.29) is 48.0 Å². The van der Waals surface area contributed by atoms with Crippen LogP contribution in [0.25, 0.3) is 0 Å². The van der Waals surface area contributed by atoms with E-state index >= 15 is 0 Å². The quantitative estimate of drug-likeness (QED) is 0.124. The molecule has 2 aliphatic rings. The maximum Gasteiger partial charge on any atom is 0.338 e. The SMILES string of the molecule is CCOC(=O)c1ccc(OCCCC(=O)NCC(=O)N2[C@H]3C[C@@]3(C)C[C@H]2C(=O)NCc2cc(C(=N)N)cs2)cc1. The summed E-state index contributed by atoms with van der Waals surface area (Å²) in [7, 11) is 0. The van der Waals surface area contributed by atoms with Gasteiger partial charge in [-0.3, -0.25) is 19.8 Å². The molecule has 1 aliphatic heterocycles. The van der Waals surface area contributed by atoms with Gasteiger partial charge in [-0.05, 0) is 61.9 Å². The Morgan fingerprint density at radius 3 is 2.58 bits per heavy atom. The van der Waals surface area contributed by atoms with Crippen molar-refractivity contribution < 1.29 is 28.7 Å². The molecule has 0 unspecified atom stereocenters. The zero-order valence-electron chi connectivity index (χ0n) is 22.7. The molecule has 3 atom stereocenters. The number of nitrogens with one attached hydrogen (secondary N) is 3. The Morgan fingerprint density at radius 1 is 1.15 bits per heavy atom. The van der Waals surface area contributed by atoms with Crippen LogP contribution in [0.15, 0.2) is 35.7 Å². The zero-order valence-corrected chi connectivity index (χ0v) is 23.5. The number of nitrogens with two attached hydrogens (primary N) is 1. The van der Waals surface area contributed by atoms with Crippen LogP contribution in [0.5, 0.6) is 5.75 Å². The Morgan fingerprint density at radius 2 is 1.90 bits per heavy atom. The van der Waals surface area contributed by atoms with E-state index in [1.165, 1.54) is 11.3 Å². The van der Waals surface area contributed by atoms with Crippen LogP contribution in [0.3, 0.4) is 0 Å². The van der Waals surface area contributed by atoms with Crippen LogP contribution in [0.1, 0.15) is 60.3 Å². The van der Waals surface area contributed by atoms with E-state index in [9.17, 15) is 19.2 Å². The van der Waals surface area contributed by atoms with Crippen molar-refractivity contribution in [2.75, 3.05) is 19.8 Å². The Labute approximate surface area is 236 Å². The minimum absolute atomic E-state index is 0.00215. The van der Waals surface area contributed by atoms with E-state index in [1.54, 1.807) is 47.5 Å². The van der Waals surface area contributed by atoms with Gasteiger partial charge in [0.05, 0.1) is 31.9 Å². The molecule has 5 N–H and O–H groups in total. The number of amidine groups is 1. The van der Waals surface area contributed by atoms with Crippen LogP contribution in [-0.4, -0.2) is 66.3 Å². The number of esters is 1. The maximum absolute atomic E-state index is 13.1. The third-order valence-corrected chi connectivity index (χ3v) is 8.18. The molecular formula is C28H35N5O6S. The molecule has 12 heteroatoms. The molecule has 1 saturated carbocycles. The van der Waals surface area contributed by atoms with Crippen LogP contribution in [0, 0.1) is 10.8 Å². The monoisotopic (exact) mass is 569 g/mol. The average molecular weight is 570 g/mol. The van der Waals surface area contributed by atoms with Gasteiger partial charge in [-0.1, -0.05) is 6.92 Å². The first-order valence-electron chi connectivity index (χ1n) is 13.3. The predicted molar refractivity (Wildman–Crippen MR) is 149 cm³/mol. The summed E-state index contributed by atoms with van der Waals surface area (Å²) < 4.78 is 10.6. The number of thiophene rings is 1. The number of ether oxygens (including phenoxy) is 2. The second kappa shape index (κ2) is 12.5. The Hall–Kier alpha value is -3.93. The van der Waals surface area contributed by atoms with E-state index in [0.717, 1.165) is 11.3 Å². The van der Waals surface area contributed by atoms with E-state index in [1.807, 2.05) is 0 Å². The lowest BCUT2D eigenvalue weighted by Gasteiger charge is -2.27. The molecule has 40 heavy (non-hydrogen) atoms. The third kappa shape index (κ3) is 6.98. The number of amides is 3. The number of nitrogen functional groups attached to an aromatic ring is 1. The zero-order chi connectivity index (χ0) is 28.9. The van der Waals surface area contributed by atoms with Gasteiger partial charge < -0.3 is 30.7 Å². The summed E-state index contributed by atoms with van der Waals surface area (Å²) in [5.74, 6) is -0.604. The van der Waals surface area contributed by atoms with Crippen molar-refractivity contribution >= 4 is 40.9 Å². The maximum atomic E-state index is 13.1. The van der Waals surface area contributed by atoms with Gasteiger partial charge in [-0.15, -0.1) is 11.3 Å². The van der Waals surface area contributed by atoms with Crippen LogP contribution in [0.4, 0.5) is 0 Å². The van der Waals surface area contributed by atoms with Gasteiger partial charge in [0, 0.05) is 28.3 Å². The standard InChI is InChI=1S/C28H35N5O6S/c1-3-38-27(37)17-6-8-19(9-7-17)39-10-4-5-23(34)31-15-24(35)33-21(12-28(2)13-22(28)33)26(36)32-14-20-11-18(16-40-20)25(29)30/h6-9,11,16,21-22H,3-5,10,12-15H2,1-2H3,(H3,29,30)(H,31,34)(H,32,36)/t21-,22-,28+/m0/s1. The largest absolute Gasteiger partial charge is 0.494 e. The third-order valence-electron chi connectivity index (χ3n) is 7.25. The number of hydrogen-bond donors (Lipinski definition) is 4. The van der Waals surface area contributed by atoms with Crippen molar-refractivity contribution in [1.82, 2.24) is 15.5 Å². The molecule has 0 bridgehead atoms. The Kier molecular flexibility index (Phi) is 9.08. The topological polar surface area (TPSA) is 164 Å². The summed E-state index contributed by atoms with van der Waals surface area (Å²) in [5.41, 5.74) is 6.49. The van der Waals surface area contributed by atoms with Gasteiger partial charge in [0.25, 0.3) is 0 Å². The number of piperidine rings is 1. The molecule has 2 fully saturated rings. The molecule has 4 rings (SSSR count). The second-order valence-electron chi connectivity index (χ2n) is 10.3. The number of likely N-dealkylation sites (tertiary alicyclic amines) is 1. The number of nitrogens with zero attached hydrogens (tertiary/aromatic N) is 1. The summed E-state index contributed by atoms with van der Waals surface area (Å²) in [5, 5.41) is 14.9. The number of benzene rings is 1. The smallest absolute Gasteiger partial charge is 0.338 e. The molecular weight excluding hydrogens is 534 g/mol. The minimum atomic E-state index is -0.580. The van der Waals surface area contributed by atoms with Crippen molar-refractivity contribution in [3.8, 4) is 5.75 Å². The average Bonchev–Trinajstić information content (AvgIpc) is 3.25. The van der Waals surface area contributed by atoms with Gasteiger partial charge in [0.15, 0.2) is 0 Å². The molecule has 3 amide bonds. The lowest BCUT2D eigenvalue weighted by molar-refractivity contribution is -0.140. The first-order chi connectivity index (χ1) is 19.1. The van der Waals surface area contributed by atoms with Crippen molar-refractivity contribution in [3.63, 3.8) is 0 Å². The van der Waals surface area contributed by atoms with Gasteiger partial charge in [-0.25, -0.2) is 4.79 Å². The van der Waals surface area contributed by atoms with Gasteiger partial charge >= 0.3 is 5.97 Å². The summed E-state index contributed by atoms with van der Waals surface area (Å²) in [6, 6.07) is 7.77. The molecule has 1 aliphatic carbocycles. The fourth-order valence-electron chi connectivity index (χ4n) is 4.95. The number of fused-ring (bicyclic) bond motifs is 1. The fraction of sp³-hybridized carbons (Fsp3) is 0.464. The molecule has 1 aromatic heterocycles. The minimum Gasteiger partial charge on any atom is -0.494 e. The van der Waals surface area contributed by atoms with Crippen LogP contribution >= 0.6 is 11.3 Å². The summed E-state index contributed by atoms with van der Waals surface area (Å²) in [6.07, 6.45) is 2.07. The van der Waals surface area contributed by atoms with E-state index < -0.39 is 12.0 Å². The number of carbonyl (C=O) groups is 4. The van der Waals surface area contributed by atoms with Gasteiger partial charge in [0.1, 0.15) is 17.6 Å².